The highest BCUT2D eigenvalue weighted by atomic mass is 16.3. The van der Waals surface area contributed by atoms with Gasteiger partial charge in [-0.05, 0) is 43.0 Å². The van der Waals surface area contributed by atoms with Crippen molar-refractivity contribution in [2.75, 3.05) is 11.4 Å². The van der Waals surface area contributed by atoms with Gasteiger partial charge in [0.2, 0.25) is 0 Å². The molecule has 2 aromatic rings. The molecule has 0 spiro atoms. The summed E-state index contributed by atoms with van der Waals surface area (Å²) in [6.07, 6.45) is 4.41. The molecule has 2 heterocycles. The number of nitrogens with zero attached hydrogens (tertiary/aromatic N) is 2. The lowest BCUT2D eigenvalue weighted by Crippen LogP contribution is -2.24. The Morgan fingerprint density at radius 1 is 1.25 bits per heavy atom. The molecule has 0 unspecified atom stereocenters. The van der Waals surface area contributed by atoms with Gasteiger partial charge in [-0.2, -0.15) is 0 Å². The van der Waals surface area contributed by atoms with Gasteiger partial charge in [0.05, 0.1) is 23.7 Å². The van der Waals surface area contributed by atoms with Crippen molar-refractivity contribution in [2.45, 2.75) is 32.3 Å². The maximum Gasteiger partial charge on any atom is 0.0957 e. The predicted molar refractivity (Wildman–Crippen MR) is 81.3 cm³/mol. The fourth-order valence-corrected chi connectivity index (χ4v) is 2.77. The van der Waals surface area contributed by atoms with Gasteiger partial charge in [-0.3, -0.25) is 4.98 Å². The molecule has 0 saturated carbocycles. The van der Waals surface area contributed by atoms with Crippen LogP contribution in [0.4, 0.5) is 11.4 Å². The number of benzene rings is 1. The van der Waals surface area contributed by atoms with E-state index in [2.05, 4.69) is 40.2 Å². The number of hydrogen-bond acceptors (Lipinski definition) is 3. The lowest BCUT2D eigenvalue weighted by atomic mass is 10.0. The molecule has 1 aliphatic heterocycles. The van der Waals surface area contributed by atoms with Crippen LogP contribution in [0.25, 0.3) is 0 Å². The van der Waals surface area contributed by atoms with Gasteiger partial charge < -0.3 is 10.0 Å². The van der Waals surface area contributed by atoms with Crippen LogP contribution in [0.15, 0.2) is 42.6 Å². The molecule has 1 atom stereocenters. The summed E-state index contributed by atoms with van der Waals surface area (Å²) >= 11 is 0. The molecule has 20 heavy (non-hydrogen) atoms. The molecule has 0 amide bonds. The van der Waals surface area contributed by atoms with Crippen LogP contribution < -0.4 is 4.90 Å². The number of fused-ring (bicyclic) bond motifs is 1. The quantitative estimate of drug-likeness (QED) is 0.923. The Morgan fingerprint density at radius 2 is 2.10 bits per heavy atom. The molecule has 3 rings (SSSR count). The van der Waals surface area contributed by atoms with Crippen LogP contribution in [0, 0.1) is 0 Å². The van der Waals surface area contributed by atoms with Crippen LogP contribution in [-0.4, -0.2) is 16.6 Å². The second-order valence-electron chi connectivity index (χ2n) is 5.25. The summed E-state index contributed by atoms with van der Waals surface area (Å²) in [6.45, 7) is 2.98. The van der Waals surface area contributed by atoms with E-state index in [0.29, 0.717) is 6.42 Å². The van der Waals surface area contributed by atoms with E-state index in [9.17, 15) is 5.11 Å². The van der Waals surface area contributed by atoms with Crippen molar-refractivity contribution in [3.05, 3.63) is 53.9 Å². The summed E-state index contributed by atoms with van der Waals surface area (Å²) in [6, 6.07) is 12.5. The van der Waals surface area contributed by atoms with Crippen molar-refractivity contribution in [1.29, 1.82) is 0 Å². The van der Waals surface area contributed by atoms with E-state index in [0.717, 1.165) is 30.8 Å². The molecule has 0 aliphatic carbocycles. The zero-order valence-corrected chi connectivity index (χ0v) is 11.8. The van der Waals surface area contributed by atoms with Crippen LogP contribution in [0.3, 0.4) is 0 Å². The molecule has 1 aliphatic rings. The number of aromatic nitrogens is 1. The molecular weight excluding hydrogens is 248 g/mol. The number of aliphatic hydroxyl groups is 1. The number of aryl methyl sites for hydroxylation is 1. The Balaban J connectivity index is 1.91. The second-order valence-corrected chi connectivity index (χ2v) is 5.25. The predicted octanol–water partition coefficient (Wildman–Crippen LogP) is 3.61. The number of anilines is 2. The first-order valence-electron chi connectivity index (χ1n) is 7.29. The Kier molecular flexibility index (Phi) is 3.70. The highest BCUT2D eigenvalue weighted by Gasteiger charge is 2.18. The third kappa shape index (κ3) is 2.41. The zero-order chi connectivity index (χ0) is 13.9. The maximum absolute atomic E-state index is 9.81. The van der Waals surface area contributed by atoms with E-state index in [4.69, 9.17) is 0 Å². The monoisotopic (exact) mass is 268 g/mol. The van der Waals surface area contributed by atoms with Crippen molar-refractivity contribution in [3.8, 4) is 0 Å². The molecule has 3 nitrogen and oxygen atoms in total. The van der Waals surface area contributed by atoms with E-state index < -0.39 is 6.10 Å². The van der Waals surface area contributed by atoms with Crippen LogP contribution in [0.5, 0.6) is 0 Å². The SMILES string of the molecule is CC[C@@H](O)c1ccc(N2CCCc3ccccc32)cn1. The van der Waals surface area contributed by atoms with Gasteiger partial charge in [-0.25, -0.2) is 0 Å². The minimum absolute atomic E-state index is 0.460. The molecular formula is C17H20N2O. The standard InChI is InChI=1S/C17H20N2O/c1-2-17(20)15-10-9-14(12-18-15)19-11-5-7-13-6-3-4-8-16(13)19/h3-4,6,8-10,12,17,20H,2,5,7,11H2,1H3/t17-/m1/s1. The van der Waals surface area contributed by atoms with Gasteiger partial charge in [-0.15, -0.1) is 0 Å². The highest BCUT2D eigenvalue weighted by molar-refractivity contribution is 5.67. The Hall–Kier alpha value is -1.87. The van der Waals surface area contributed by atoms with Crippen molar-refractivity contribution >= 4 is 11.4 Å². The largest absolute Gasteiger partial charge is 0.387 e. The molecule has 0 fully saturated rings. The van der Waals surface area contributed by atoms with Crippen LogP contribution >= 0.6 is 0 Å². The van der Waals surface area contributed by atoms with Gasteiger partial charge in [-0.1, -0.05) is 25.1 Å². The molecule has 3 heteroatoms. The van der Waals surface area contributed by atoms with Crippen LogP contribution in [0.1, 0.15) is 37.1 Å². The topological polar surface area (TPSA) is 36.4 Å². The Morgan fingerprint density at radius 3 is 2.85 bits per heavy atom. The molecule has 1 aromatic heterocycles. The normalized spacial score (nSPS) is 15.8. The van der Waals surface area contributed by atoms with Crippen LogP contribution in [-0.2, 0) is 6.42 Å². The minimum Gasteiger partial charge on any atom is -0.387 e. The molecule has 1 N–H and O–H groups in total. The van der Waals surface area contributed by atoms with Gasteiger partial charge >= 0.3 is 0 Å². The summed E-state index contributed by atoms with van der Waals surface area (Å²) in [4.78, 5) is 6.72. The smallest absolute Gasteiger partial charge is 0.0957 e. The first-order valence-corrected chi connectivity index (χ1v) is 7.29. The molecule has 0 saturated heterocycles. The first kappa shape index (κ1) is 13.1. The van der Waals surface area contributed by atoms with Gasteiger partial charge in [0.25, 0.3) is 0 Å². The maximum atomic E-state index is 9.81. The Labute approximate surface area is 119 Å². The van der Waals surface area contributed by atoms with Gasteiger partial charge in [0.1, 0.15) is 0 Å². The average molecular weight is 268 g/mol. The molecule has 0 radical (unpaired) electrons. The third-order valence-electron chi connectivity index (χ3n) is 3.92. The van der Waals surface area contributed by atoms with Crippen LogP contribution in [0.2, 0.25) is 0 Å². The average Bonchev–Trinajstić information content (AvgIpc) is 2.54. The summed E-state index contributed by atoms with van der Waals surface area (Å²) in [5.41, 5.74) is 4.53. The van der Waals surface area contributed by atoms with E-state index >= 15 is 0 Å². The number of rotatable bonds is 3. The highest BCUT2D eigenvalue weighted by Crippen LogP contribution is 2.33. The summed E-state index contributed by atoms with van der Waals surface area (Å²) < 4.78 is 0. The van der Waals surface area contributed by atoms with Gasteiger partial charge in [0.15, 0.2) is 0 Å². The zero-order valence-electron chi connectivity index (χ0n) is 11.8. The third-order valence-corrected chi connectivity index (χ3v) is 3.92. The summed E-state index contributed by atoms with van der Waals surface area (Å²) in [7, 11) is 0. The molecule has 1 aromatic carbocycles. The van der Waals surface area contributed by atoms with Crippen molar-refractivity contribution in [3.63, 3.8) is 0 Å². The fourth-order valence-electron chi connectivity index (χ4n) is 2.77. The number of aliphatic hydroxyl groups excluding tert-OH is 1. The lowest BCUT2D eigenvalue weighted by Gasteiger charge is -2.31. The second kappa shape index (κ2) is 5.63. The number of hydrogen-bond donors (Lipinski definition) is 1. The Bertz CT molecular complexity index is 580. The first-order chi connectivity index (χ1) is 9.79. The van der Waals surface area contributed by atoms with E-state index in [1.165, 1.54) is 11.3 Å². The van der Waals surface area contributed by atoms with Crippen molar-refractivity contribution in [2.24, 2.45) is 0 Å². The van der Waals surface area contributed by atoms with Crippen molar-refractivity contribution in [1.82, 2.24) is 4.98 Å². The van der Waals surface area contributed by atoms with Crippen molar-refractivity contribution < 1.29 is 5.11 Å². The molecule has 104 valence electrons. The fraction of sp³-hybridized carbons (Fsp3) is 0.353. The van der Waals surface area contributed by atoms with E-state index in [1.54, 1.807) is 0 Å². The van der Waals surface area contributed by atoms with Gasteiger partial charge in [0, 0.05) is 12.2 Å². The summed E-state index contributed by atoms with van der Waals surface area (Å²) in [5.74, 6) is 0. The lowest BCUT2D eigenvalue weighted by molar-refractivity contribution is 0.169. The van der Waals surface area contributed by atoms with E-state index in [1.807, 2.05) is 19.2 Å². The van der Waals surface area contributed by atoms with E-state index in [-0.39, 0.29) is 0 Å². The molecule has 0 bridgehead atoms. The number of pyridine rings is 1. The summed E-state index contributed by atoms with van der Waals surface area (Å²) in [5, 5.41) is 9.81. The number of para-hydroxylation sites is 1. The minimum atomic E-state index is -0.460.